The van der Waals surface area contributed by atoms with E-state index in [1.54, 1.807) is 19.3 Å². The van der Waals surface area contributed by atoms with Crippen LogP contribution in [0.5, 0.6) is 11.5 Å². The van der Waals surface area contributed by atoms with Gasteiger partial charge in [-0.05, 0) is 37.5 Å². The lowest BCUT2D eigenvalue weighted by atomic mass is 10.0. The first-order valence-electron chi connectivity index (χ1n) is 10.6. The van der Waals surface area contributed by atoms with Crippen molar-refractivity contribution < 1.29 is 14.2 Å². The summed E-state index contributed by atoms with van der Waals surface area (Å²) in [6.07, 6.45) is 5.14. The highest BCUT2D eigenvalue weighted by molar-refractivity contribution is 6.50. The maximum Gasteiger partial charge on any atom is 0.151 e. The molecule has 7 nitrogen and oxygen atoms in total. The molecule has 0 bridgehead atoms. The quantitative estimate of drug-likeness (QED) is 0.511. The van der Waals surface area contributed by atoms with Gasteiger partial charge in [-0.3, -0.25) is 10.4 Å². The van der Waals surface area contributed by atoms with Crippen molar-refractivity contribution in [2.75, 3.05) is 47.5 Å². The summed E-state index contributed by atoms with van der Waals surface area (Å²) in [4.78, 5) is 7.04. The zero-order valence-corrected chi connectivity index (χ0v) is 20.3. The fourth-order valence-corrected chi connectivity index (χ4v) is 4.53. The van der Waals surface area contributed by atoms with Crippen LogP contribution in [-0.2, 0) is 4.74 Å². The van der Waals surface area contributed by atoms with E-state index in [0.29, 0.717) is 56.9 Å². The Kier molecular flexibility index (Phi) is 8.59. The molecule has 2 aliphatic rings. The standard InChI is InChI=1S/C23H30Cl2N4O3/c1-14-11-16(19-20(24)17(31-3)12-18(32-4)21(19)25)28-23(22(14)26)27-8-5-6-9-29-10-7-15(13-29)30-2/h11-12,15,26H,1,5-10,13H2,2-4H3,(H,27,28). The molecule has 174 valence electrons. The van der Waals surface area contributed by atoms with Gasteiger partial charge in [0, 0.05) is 38.4 Å². The lowest BCUT2D eigenvalue weighted by Crippen LogP contribution is -2.34. The first kappa shape index (κ1) is 24.6. The summed E-state index contributed by atoms with van der Waals surface area (Å²) in [6, 6.07) is 1.64. The summed E-state index contributed by atoms with van der Waals surface area (Å²) in [5, 5.41) is 12.2. The zero-order chi connectivity index (χ0) is 23.3. The second kappa shape index (κ2) is 11.2. The van der Waals surface area contributed by atoms with Gasteiger partial charge in [-0.1, -0.05) is 29.8 Å². The summed E-state index contributed by atoms with van der Waals surface area (Å²) in [5.74, 6) is 1.32. The van der Waals surface area contributed by atoms with Crippen LogP contribution in [0.4, 0.5) is 0 Å². The third kappa shape index (κ3) is 5.46. The van der Waals surface area contributed by atoms with Crippen LogP contribution in [0.25, 0.3) is 5.70 Å². The van der Waals surface area contributed by atoms with E-state index >= 15 is 0 Å². The van der Waals surface area contributed by atoms with E-state index in [0.717, 1.165) is 38.9 Å². The van der Waals surface area contributed by atoms with Crippen molar-refractivity contribution in [2.24, 2.45) is 4.99 Å². The monoisotopic (exact) mass is 480 g/mol. The summed E-state index contributed by atoms with van der Waals surface area (Å²) in [6.45, 7) is 7.70. The Labute approximate surface area is 199 Å². The van der Waals surface area contributed by atoms with Crippen LogP contribution in [0.2, 0.25) is 10.0 Å². The van der Waals surface area contributed by atoms with E-state index in [-0.39, 0.29) is 5.71 Å². The van der Waals surface area contributed by atoms with Crippen molar-refractivity contribution in [1.82, 2.24) is 10.2 Å². The SMILES string of the molecule is C=C1C=C(c2c(Cl)c(OC)cc(OC)c2Cl)NC(=NCCCCN2CCC(OC)C2)C1=N. The molecule has 0 spiro atoms. The molecule has 1 unspecified atom stereocenters. The molecular formula is C23H30Cl2N4O3. The molecule has 1 aromatic rings. The number of hydrogen-bond donors (Lipinski definition) is 2. The molecule has 0 radical (unpaired) electrons. The van der Waals surface area contributed by atoms with Gasteiger partial charge in [-0.2, -0.15) is 0 Å². The first-order valence-corrected chi connectivity index (χ1v) is 11.3. The van der Waals surface area contributed by atoms with E-state index < -0.39 is 0 Å². The third-order valence-electron chi connectivity index (χ3n) is 5.69. The predicted molar refractivity (Wildman–Crippen MR) is 131 cm³/mol. The molecule has 1 fully saturated rings. The number of benzene rings is 1. The van der Waals surface area contributed by atoms with Gasteiger partial charge in [0.1, 0.15) is 17.2 Å². The van der Waals surface area contributed by atoms with Gasteiger partial charge >= 0.3 is 0 Å². The van der Waals surface area contributed by atoms with Crippen LogP contribution in [0.15, 0.2) is 29.3 Å². The van der Waals surface area contributed by atoms with Crippen molar-refractivity contribution in [3.05, 3.63) is 39.9 Å². The van der Waals surface area contributed by atoms with Crippen molar-refractivity contribution in [2.45, 2.75) is 25.4 Å². The number of amidine groups is 1. The number of likely N-dealkylation sites (tertiary alicyclic amines) is 1. The molecule has 0 aliphatic carbocycles. The Balaban J connectivity index is 1.69. The van der Waals surface area contributed by atoms with Crippen LogP contribution in [-0.4, -0.2) is 70.1 Å². The molecule has 9 heteroatoms. The number of nitrogens with one attached hydrogen (secondary N) is 2. The lowest BCUT2D eigenvalue weighted by Gasteiger charge is -2.23. The molecule has 0 saturated carbocycles. The van der Waals surface area contributed by atoms with Crippen molar-refractivity contribution in [3.63, 3.8) is 0 Å². The number of methoxy groups -OCH3 is 3. The van der Waals surface area contributed by atoms with Gasteiger partial charge in [0.05, 0.1) is 36.1 Å². The predicted octanol–water partition coefficient (Wildman–Crippen LogP) is 4.43. The van der Waals surface area contributed by atoms with Gasteiger partial charge in [-0.25, -0.2) is 0 Å². The molecule has 1 saturated heterocycles. The number of hydrogen-bond acceptors (Lipinski definition) is 6. The van der Waals surface area contributed by atoms with Crippen molar-refractivity contribution in [3.8, 4) is 11.5 Å². The number of aliphatic imine (C=N–C) groups is 1. The van der Waals surface area contributed by atoms with Crippen molar-refractivity contribution in [1.29, 1.82) is 5.41 Å². The summed E-state index contributed by atoms with van der Waals surface area (Å²) < 4.78 is 16.1. The van der Waals surface area contributed by atoms with Crippen LogP contribution in [0.1, 0.15) is 24.8 Å². The Morgan fingerprint density at radius 3 is 2.47 bits per heavy atom. The molecule has 0 amide bonds. The van der Waals surface area contributed by atoms with Crippen LogP contribution in [0.3, 0.4) is 0 Å². The topological polar surface area (TPSA) is 79.2 Å². The van der Waals surface area contributed by atoms with E-state index in [1.807, 2.05) is 0 Å². The number of halogens is 2. The number of unbranched alkanes of at least 4 members (excludes halogenated alkanes) is 1. The lowest BCUT2D eigenvalue weighted by molar-refractivity contribution is 0.108. The van der Waals surface area contributed by atoms with Crippen LogP contribution in [0, 0.1) is 5.41 Å². The Bertz CT molecular complexity index is 917. The Morgan fingerprint density at radius 2 is 1.88 bits per heavy atom. The third-order valence-corrected chi connectivity index (χ3v) is 6.44. The van der Waals surface area contributed by atoms with Crippen LogP contribution < -0.4 is 14.8 Å². The second-order valence-corrected chi connectivity index (χ2v) is 8.51. The minimum Gasteiger partial charge on any atom is -0.495 e. The Hall–Kier alpha value is -2.06. The van der Waals surface area contributed by atoms with Crippen molar-refractivity contribution >= 4 is 40.4 Å². The molecule has 2 aliphatic heterocycles. The number of allylic oxidation sites excluding steroid dienone is 1. The van der Waals surface area contributed by atoms with E-state index in [1.165, 1.54) is 14.2 Å². The number of rotatable bonds is 9. The van der Waals surface area contributed by atoms with E-state index in [2.05, 4.69) is 21.8 Å². The second-order valence-electron chi connectivity index (χ2n) is 7.75. The molecule has 2 heterocycles. The average Bonchev–Trinajstić information content (AvgIpc) is 3.25. The smallest absolute Gasteiger partial charge is 0.151 e. The summed E-state index contributed by atoms with van der Waals surface area (Å²) in [7, 11) is 4.83. The highest BCUT2D eigenvalue weighted by atomic mass is 35.5. The minimum absolute atomic E-state index is 0.248. The van der Waals surface area contributed by atoms with Crippen LogP contribution >= 0.6 is 23.2 Å². The fraction of sp³-hybridized carbons (Fsp3) is 0.478. The number of nitrogens with zero attached hydrogens (tertiary/aromatic N) is 2. The fourth-order valence-electron chi connectivity index (χ4n) is 3.83. The van der Waals surface area contributed by atoms with Gasteiger partial charge in [0.2, 0.25) is 0 Å². The maximum absolute atomic E-state index is 8.35. The van der Waals surface area contributed by atoms with Gasteiger partial charge in [0.15, 0.2) is 5.84 Å². The zero-order valence-electron chi connectivity index (χ0n) is 18.8. The normalized spacial score (nSPS) is 20.5. The molecular weight excluding hydrogens is 451 g/mol. The van der Waals surface area contributed by atoms with E-state index in [4.69, 9.17) is 42.8 Å². The molecule has 32 heavy (non-hydrogen) atoms. The van der Waals surface area contributed by atoms with Gasteiger partial charge < -0.3 is 24.4 Å². The largest absolute Gasteiger partial charge is 0.495 e. The molecule has 1 aromatic carbocycles. The average molecular weight is 481 g/mol. The minimum atomic E-state index is 0.248. The molecule has 1 atom stereocenters. The highest BCUT2D eigenvalue weighted by Gasteiger charge is 2.26. The van der Waals surface area contributed by atoms with Gasteiger partial charge in [0.25, 0.3) is 0 Å². The Morgan fingerprint density at radius 1 is 1.19 bits per heavy atom. The molecule has 0 aromatic heterocycles. The van der Waals surface area contributed by atoms with E-state index in [9.17, 15) is 0 Å². The highest BCUT2D eigenvalue weighted by Crippen LogP contribution is 2.43. The number of ether oxygens (including phenoxy) is 3. The summed E-state index contributed by atoms with van der Waals surface area (Å²) in [5.41, 5.74) is 1.89. The maximum atomic E-state index is 8.35. The summed E-state index contributed by atoms with van der Waals surface area (Å²) >= 11 is 13.1. The molecule has 2 N–H and O–H groups in total. The first-order chi connectivity index (χ1) is 15.4. The van der Waals surface area contributed by atoms with Gasteiger partial charge in [-0.15, -0.1) is 0 Å². The molecule has 3 rings (SSSR count).